The fourth-order valence-corrected chi connectivity index (χ4v) is 2.42. The van der Waals surface area contributed by atoms with Gasteiger partial charge in [-0.2, -0.15) is 0 Å². The van der Waals surface area contributed by atoms with Gasteiger partial charge in [0, 0.05) is 14.5 Å². The summed E-state index contributed by atoms with van der Waals surface area (Å²) >= 11 is 5.39. The van der Waals surface area contributed by atoms with Crippen molar-refractivity contribution in [3.8, 4) is 0 Å². The standard InChI is InChI=1S/C9H7BrFI/c10-6-5-9(12)7-3-1-2-4-8(7)11/h1-5H,6H2. The van der Waals surface area contributed by atoms with Gasteiger partial charge in [-0.3, -0.25) is 0 Å². The SMILES string of the molecule is Fc1ccccc1C(I)=CCBr. The lowest BCUT2D eigenvalue weighted by molar-refractivity contribution is 0.625. The van der Waals surface area contributed by atoms with Crippen molar-refractivity contribution in [2.75, 3.05) is 5.33 Å². The van der Waals surface area contributed by atoms with Crippen molar-refractivity contribution in [2.24, 2.45) is 0 Å². The van der Waals surface area contributed by atoms with E-state index in [-0.39, 0.29) is 5.82 Å². The minimum absolute atomic E-state index is 0.167. The average Bonchev–Trinajstić information content (AvgIpc) is 2.05. The van der Waals surface area contributed by atoms with Gasteiger partial charge in [-0.05, 0) is 28.7 Å². The Balaban J connectivity index is 3.02. The molecule has 0 aliphatic rings. The van der Waals surface area contributed by atoms with E-state index in [9.17, 15) is 4.39 Å². The third kappa shape index (κ3) is 2.55. The predicted molar refractivity (Wildman–Crippen MR) is 62.2 cm³/mol. The smallest absolute Gasteiger partial charge is 0.131 e. The van der Waals surface area contributed by atoms with E-state index in [0.717, 1.165) is 8.91 Å². The van der Waals surface area contributed by atoms with Crippen molar-refractivity contribution in [3.63, 3.8) is 0 Å². The van der Waals surface area contributed by atoms with Crippen molar-refractivity contribution in [3.05, 3.63) is 41.7 Å². The van der Waals surface area contributed by atoms with Crippen molar-refractivity contribution < 1.29 is 4.39 Å². The maximum atomic E-state index is 13.1. The van der Waals surface area contributed by atoms with Gasteiger partial charge in [0.15, 0.2) is 0 Å². The Hall–Kier alpha value is 0.1000. The van der Waals surface area contributed by atoms with E-state index in [0.29, 0.717) is 5.56 Å². The van der Waals surface area contributed by atoms with Crippen LogP contribution >= 0.6 is 38.5 Å². The summed E-state index contributed by atoms with van der Waals surface area (Å²) in [7, 11) is 0. The summed E-state index contributed by atoms with van der Waals surface area (Å²) in [6, 6.07) is 6.77. The monoisotopic (exact) mass is 340 g/mol. The number of allylic oxidation sites excluding steroid dienone is 1. The van der Waals surface area contributed by atoms with Crippen LogP contribution in [0.2, 0.25) is 0 Å². The Labute approximate surface area is 93.1 Å². The molecule has 0 aliphatic heterocycles. The van der Waals surface area contributed by atoms with Crippen molar-refractivity contribution in [1.82, 2.24) is 0 Å². The summed E-state index contributed by atoms with van der Waals surface area (Å²) in [5.41, 5.74) is 0.664. The summed E-state index contributed by atoms with van der Waals surface area (Å²) in [4.78, 5) is 0. The number of alkyl halides is 1. The molecule has 0 radical (unpaired) electrons. The molecule has 0 aliphatic carbocycles. The molecule has 0 fully saturated rings. The van der Waals surface area contributed by atoms with Crippen LogP contribution in [0.15, 0.2) is 30.3 Å². The predicted octanol–water partition coefficient (Wildman–Crippen LogP) is 4.00. The van der Waals surface area contributed by atoms with E-state index in [2.05, 4.69) is 38.5 Å². The molecule has 12 heavy (non-hydrogen) atoms. The third-order valence-electron chi connectivity index (χ3n) is 1.39. The zero-order chi connectivity index (χ0) is 8.97. The van der Waals surface area contributed by atoms with Crippen LogP contribution in [0.5, 0.6) is 0 Å². The second-order valence-corrected chi connectivity index (χ2v) is 4.00. The third-order valence-corrected chi connectivity index (χ3v) is 2.73. The molecule has 1 aromatic rings. The first-order valence-corrected chi connectivity index (χ1v) is 5.62. The Morgan fingerprint density at radius 1 is 1.50 bits per heavy atom. The van der Waals surface area contributed by atoms with Crippen LogP contribution in [-0.2, 0) is 0 Å². The first-order chi connectivity index (χ1) is 5.75. The topological polar surface area (TPSA) is 0 Å². The molecule has 0 unspecified atom stereocenters. The molecule has 0 spiro atoms. The minimum Gasteiger partial charge on any atom is -0.206 e. The van der Waals surface area contributed by atoms with Crippen molar-refractivity contribution in [1.29, 1.82) is 0 Å². The normalized spacial score (nSPS) is 11.8. The number of rotatable bonds is 2. The van der Waals surface area contributed by atoms with Gasteiger partial charge >= 0.3 is 0 Å². The van der Waals surface area contributed by atoms with Gasteiger partial charge in [-0.25, -0.2) is 4.39 Å². The van der Waals surface area contributed by atoms with E-state index in [1.54, 1.807) is 12.1 Å². The Kier molecular flexibility index (Phi) is 4.21. The number of hydrogen-bond acceptors (Lipinski definition) is 0. The first kappa shape index (κ1) is 10.2. The zero-order valence-electron chi connectivity index (χ0n) is 6.23. The van der Waals surface area contributed by atoms with E-state index < -0.39 is 0 Å². The van der Waals surface area contributed by atoms with Crippen LogP contribution < -0.4 is 0 Å². The highest BCUT2D eigenvalue weighted by Gasteiger charge is 2.02. The fourth-order valence-electron chi connectivity index (χ4n) is 0.833. The van der Waals surface area contributed by atoms with Crippen molar-refractivity contribution in [2.45, 2.75) is 0 Å². The highest BCUT2D eigenvalue weighted by molar-refractivity contribution is 14.1. The summed E-state index contributed by atoms with van der Waals surface area (Å²) in [6.45, 7) is 0. The van der Waals surface area contributed by atoms with Crippen LogP contribution in [-0.4, -0.2) is 5.33 Å². The molecule has 0 amide bonds. The molecule has 0 aromatic heterocycles. The number of hydrogen-bond donors (Lipinski definition) is 0. The molecule has 0 saturated heterocycles. The molecule has 0 N–H and O–H groups in total. The van der Waals surface area contributed by atoms with Crippen LogP contribution in [0.3, 0.4) is 0 Å². The molecule has 64 valence electrons. The molecular weight excluding hydrogens is 334 g/mol. The van der Waals surface area contributed by atoms with Crippen LogP contribution in [0.1, 0.15) is 5.56 Å². The van der Waals surface area contributed by atoms with Gasteiger partial charge in [0.25, 0.3) is 0 Å². The van der Waals surface area contributed by atoms with Gasteiger partial charge in [0.1, 0.15) is 5.82 Å². The summed E-state index contributed by atoms with van der Waals surface area (Å²) in [6.07, 6.45) is 1.93. The summed E-state index contributed by atoms with van der Waals surface area (Å²) < 4.78 is 14.0. The van der Waals surface area contributed by atoms with E-state index in [1.807, 2.05) is 12.1 Å². The van der Waals surface area contributed by atoms with Crippen LogP contribution in [0.25, 0.3) is 3.58 Å². The summed E-state index contributed by atoms with van der Waals surface area (Å²) in [5, 5.41) is 0.750. The molecule has 1 aromatic carbocycles. The van der Waals surface area contributed by atoms with Crippen LogP contribution in [0.4, 0.5) is 4.39 Å². The molecule has 0 nitrogen and oxygen atoms in total. The van der Waals surface area contributed by atoms with Gasteiger partial charge in [0.2, 0.25) is 0 Å². The van der Waals surface area contributed by atoms with Gasteiger partial charge in [-0.1, -0.05) is 40.2 Å². The maximum Gasteiger partial charge on any atom is 0.131 e. The number of halogens is 3. The van der Waals surface area contributed by atoms with Gasteiger partial charge in [0.05, 0.1) is 0 Å². The van der Waals surface area contributed by atoms with Crippen molar-refractivity contribution >= 4 is 42.1 Å². The molecule has 3 heteroatoms. The Bertz CT molecular complexity index is 296. The number of benzene rings is 1. The zero-order valence-corrected chi connectivity index (χ0v) is 9.97. The minimum atomic E-state index is -0.167. The molecule has 0 saturated carbocycles. The lowest BCUT2D eigenvalue weighted by atomic mass is 10.2. The van der Waals surface area contributed by atoms with E-state index >= 15 is 0 Å². The lowest BCUT2D eigenvalue weighted by Gasteiger charge is -1.99. The summed E-state index contributed by atoms with van der Waals surface area (Å²) in [5.74, 6) is -0.167. The Morgan fingerprint density at radius 3 is 2.75 bits per heavy atom. The van der Waals surface area contributed by atoms with Crippen LogP contribution in [0, 0.1) is 5.82 Å². The fraction of sp³-hybridized carbons (Fsp3) is 0.111. The lowest BCUT2D eigenvalue weighted by Crippen LogP contribution is -1.83. The highest BCUT2D eigenvalue weighted by atomic mass is 127. The van der Waals surface area contributed by atoms with Gasteiger partial charge < -0.3 is 0 Å². The molecule has 0 bridgehead atoms. The average molecular weight is 341 g/mol. The molecule has 1 rings (SSSR count). The highest BCUT2D eigenvalue weighted by Crippen LogP contribution is 2.24. The first-order valence-electron chi connectivity index (χ1n) is 3.42. The second-order valence-electron chi connectivity index (χ2n) is 2.19. The Morgan fingerprint density at radius 2 is 2.17 bits per heavy atom. The van der Waals surface area contributed by atoms with E-state index in [1.165, 1.54) is 6.07 Å². The second kappa shape index (κ2) is 4.97. The molecular formula is C9H7BrFI. The van der Waals surface area contributed by atoms with Gasteiger partial charge in [-0.15, -0.1) is 0 Å². The molecule has 0 heterocycles. The largest absolute Gasteiger partial charge is 0.206 e. The van der Waals surface area contributed by atoms with E-state index in [4.69, 9.17) is 0 Å². The quantitative estimate of drug-likeness (QED) is 0.564. The maximum absolute atomic E-state index is 13.1. The molecule has 0 atom stereocenters.